The molecule has 142 valence electrons. The van der Waals surface area contributed by atoms with Gasteiger partial charge in [-0.15, -0.1) is 0 Å². The number of ketones is 1. The van der Waals surface area contributed by atoms with Crippen LogP contribution in [-0.4, -0.2) is 23.2 Å². The highest BCUT2D eigenvalue weighted by atomic mass is 16.2. The molecule has 1 amide bonds. The maximum atomic E-state index is 13.0. The summed E-state index contributed by atoms with van der Waals surface area (Å²) in [6.45, 7) is 2.55. The third-order valence-corrected chi connectivity index (χ3v) is 5.80. The fraction of sp³-hybridized carbons (Fsp3) is 0.391. The van der Waals surface area contributed by atoms with Gasteiger partial charge in [0.15, 0.2) is 0 Å². The first kappa shape index (κ1) is 18.4. The predicted molar refractivity (Wildman–Crippen MR) is 106 cm³/mol. The maximum Gasteiger partial charge on any atom is 0.247 e. The number of rotatable bonds is 6. The molecule has 1 aromatic carbocycles. The molecule has 1 saturated carbocycles. The molecule has 1 aliphatic heterocycles. The number of aryl methyl sites for hydroxylation is 1. The van der Waals surface area contributed by atoms with Crippen molar-refractivity contribution in [1.82, 2.24) is 4.98 Å². The minimum atomic E-state index is -0.857. The Labute approximate surface area is 165 Å². The standard InChI is InChI=1S/C23H23N3O2/c1-16-3-2-4-17(11-16)12-21(27)14-19-13-20(7-9-25-19)26-10-8-23(15-24,22(26)28)18-5-6-18/h2-4,7,9,11,13,18H,5-6,8,10,12,14H2,1H3/t23-/m1/s1. The summed E-state index contributed by atoms with van der Waals surface area (Å²) in [7, 11) is 0. The number of benzene rings is 1. The van der Waals surface area contributed by atoms with Gasteiger partial charge in [0.25, 0.3) is 0 Å². The summed E-state index contributed by atoms with van der Waals surface area (Å²) < 4.78 is 0. The van der Waals surface area contributed by atoms with E-state index in [1.165, 1.54) is 0 Å². The van der Waals surface area contributed by atoms with Gasteiger partial charge >= 0.3 is 0 Å². The minimum absolute atomic E-state index is 0.0901. The molecule has 5 heteroatoms. The molecule has 1 atom stereocenters. The Bertz CT molecular complexity index is 974. The van der Waals surface area contributed by atoms with Crippen molar-refractivity contribution in [1.29, 1.82) is 5.26 Å². The molecule has 4 rings (SSSR count). The second-order valence-electron chi connectivity index (χ2n) is 7.95. The molecule has 28 heavy (non-hydrogen) atoms. The topological polar surface area (TPSA) is 74.1 Å². The summed E-state index contributed by atoms with van der Waals surface area (Å²) in [6, 6.07) is 13.8. The van der Waals surface area contributed by atoms with E-state index in [0.29, 0.717) is 25.1 Å². The average Bonchev–Trinajstić information content (AvgIpc) is 3.46. The Kier molecular flexibility index (Phi) is 4.72. The van der Waals surface area contributed by atoms with Gasteiger partial charge in [-0.25, -0.2) is 0 Å². The number of Topliss-reactive ketones (excluding diaryl/α,β-unsaturated/α-hetero) is 1. The van der Waals surface area contributed by atoms with E-state index < -0.39 is 5.41 Å². The number of hydrogen-bond donors (Lipinski definition) is 0. The van der Waals surface area contributed by atoms with Crippen LogP contribution >= 0.6 is 0 Å². The molecular weight excluding hydrogens is 350 g/mol. The zero-order chi connectivity index (χ0) is 19.7. The maximum absolute atomic E-state index is 13.0. The first-order chi connectivity index (χ1) is 13.5. The quantitative estimate of drug-likeness (QED) is 0.778. The number of aromatic nitrogens is 1. The van der Waals surface area contributed by atoms with Crippen LogP contribution in [0.4, 0.5) is 5.69 Å². The van der Waals surface area contributed by atoms with E-state index in [9.17, 15) is 14.9 Å². The number of carbonyl (C=O) groups is 2. The molecule has 2 heterocycles. The van der Waals surface area contributed by atoms with Crippen molar-refractivity contribution in [2.45, 2.75) is 39.0 Å². The lowest BCUT2D eigenvalue weighted by Crippen LogP contribution is -2.35. The highest BCUT2D eigenvalue weighted by molar-refractivity contribution is 6.02. The number of hydrogen-bond acceptors (Lipinski definition) is 4. The van der Waals surface area contributed by atoms with Gasteiger partial charge in [0.05, 0.1) is 6.07 Å². The fourth-order valence-corrected chi connectivity index (χ4v) is 4.18. The third-order valence-electron chi connectivity index (χ3n) is 5.80. The van der Waals surface area contributed by atoms with Crippen LogP contribution in [0.3, 0.4) is 0 Å². The Hall–Kier alpha value is -3.00. The van der Waals surface area contributed by atoms with Crippen LogP contribution in [0.25, 0.3) is 0 Å². The summed E-state index contributed by atoms with van der Waals surface area (Å²) in [5.74, 6) is 0.195. The first-order valence-electron chi connectivity index (χ1n) is 9.77. The summed E-state index contributed by atoms with van der Waals surface area (Å²) >= 11 is 0. The van der Waals surface area contributed by atoms with Crippen molar-refractivity contribution in [2.24, 2.45) is 11.3 Å². The van der Waals surface area contributed by atoms with Crippen LogP contribution in [0.15, 0.2) is 42.6 Å². The van der Waals surface area contributed by atoms with Crippen molar-refractivity contribution in [3.05, 3.63) is 59.4 Å². The molecule has 0 radical (unpaired) electrons. The second-order valence-corrected chi connectivity index (χ2v) is 7.95. The van der Waals surface area contributed by atoms with Crippen molar-refractivity contribution in [3.63, 3.8) is 0 Å². The molecule has 0 N–H and O–H groups in total. The molecule has 1 saturated heterocycles. The largest absolute Gasteiger partial charge is 0.311 e. The van der Waals surface area contributed by atoms with Gasteiger partial charge in [0.2, 0.25) is 5.91 Å². The first-order valence-corrected chi connectivity index (χ1v) is 9.77. The van der Waals surface area contributed by atoms with Crippen LogP contribution in [0, 0.1) is 29.6 Å². The summed E-state index contributed by atoms with van der Waals surface area (Å²) in [5, 5.41) is 9.64. The van der Waals surface area contributed by atoms with Crippen molar-refractivity contribution >= 4 is 17.4 Å². The van der Waals surface area contributed by atoms with E-state index in [-0.39, 0.29) is 24.0 Å². The zero-order valence-corrected chi connectivity index (χ0v) is 16.0. The SMILES string of the molecule is Cc1cccc(CC(=O)Cc2cc(N3CC[C@@](C#N)(C4CC4)C3=O)ccn2)c1. The van der Waals surface area contributed by atoms with Crippen LogP contribution in [0.2, 0.25) is 0 Å². The summed E-state index contributed by atoms with van der Waals surface area (Å²) in [4.78, 5) is 31.4. The highest BCUT2D eigenvalue weighted by Crippen LogP contribution is 2.51. The smallest absolute Gasteiger partial charge is 0.247 e. The zero-order valence-electron chi connectivity index (χ0n) is 16.0. The van der Waals surface area contributed by atoms with E-state index >= 15 is 0 Å². The fourth-order valence-electron chi connectivity index (χ4n) is 4.18. The summed E-state index contributed by atoms with van der Waals surface area (Å²) in [5.41, 5.74) is 2.67. The van der Waals surface area contributed by atoms with Gasteiger partial charge < -0.3 is 4.90 Å². The van der Waals surface area contributed by atoms with Crippen molar-refractivity contribution in [2.75, 3.05) is 11.4 Å². The van der Waals surface area contributed by atoms with E-state index in [1.807, 2.05) is 37.3 Å². The lowest BCUT2D eigenvalue weighted by molar-refractivity contribution is -0.123. The predicted octanol–water partition coefficient (Wildman–Crippen LogP) is 3.40. The van der Waals surface area contributed by atoms with Gasteiger partial charge in [-0.1, -0.05) is 29.8 Å². The molecule has 1 aromatic heterocycles. The molecule has 1 aliphatic carbocycles. The molecule has 2 fully saturated rings. The number of pyridine rings is 1. The van der Waals surface area contributed by atoms with Gasteiger partial charge in [-0.3, -0.25) is 14.6 Å². The van der Waals surface area contributed by atoms with Crippen LogP contribution in [0.1, 0.15) is 36.1 Å². The Morgan fingerprint density at radius 2 is 2.11 bits per heavy atom. The normalized spacial score (nSPS) is 21.6. The van der Waals surface area contributed by atoms with Crippen LogP contribution < -0.4 is 4.90 Å². The number of anilines is 1. The third kappa shape index (κ3) is 3.43. The van der Waals surface area contributed by atoms with Crippen molar-refractivity contribution < 1.29 is 9.59 Å². The van der Waals surface area contributed by atoms with Gasteiger partial charge in [0, 0.05) is 37.0 Å². The Morgan fingerprint density at radius 1 is 1.29 bits per heavy atom. The number of nitrogens with zero attached hydrogens (tertiary/aromatic N) is 3. The van der Waals surface area contributed by atoms with E-state index in [0.717, 1.165) is 29.7 Å². The summed E-state index contributed by atoms with van der Waals surface area (Å²) in [6.07, 6.45) is 4.74. The number of nitriles is 1. The molecule has 0 bridgehead atoms. The van der Waals surface area contributed by atoms with Crippen LogP contribution in [-0.2, 0) is 22.4 Å². The Morgan fingerprint density at radius 3 is 2.82 bits per heavy atom. The monoisotopic (exact) mass is 373 g/mol. The second kappa shape index (κ2) is 7.20. The van der Waals surface area contributed by atoms with E-state index in [2.05, 4.69) is 11.1 Å². The lowest BCUT2D eigenvalue weighted by Gasteiger charge is -2.21. The lowest BCUT2D eigenvalue weighted by atomic mass is 9.83. The van der Waals surface area contributed by atoms with E-state index in [4.69, 9.17) is 0 Å². The number of amides is 1. The van der Waals surface area contributed by atoms with Crippen LogP contribution in [0.5, 0.6) is 0 Å². The van der Waals surface area contributed by atoms with Gasteiger partial charge in [-0.05, 0) is 49.8 Å². The highest BCUT2D eigenvalue weighted by Gasteiger charge is 2.56. The van der Waals surface area contributed by atoms with Gasteiger partial charge in [-0.2, -0.15) is 5.26 Å². The minimum Gasteiger partial charge on any atom is -0.311 e. The number of carbonyl (C=O) groups excluding carboxylic acids is 2. The van der Waals surface area contributed by atoms with Gasteiger partial charge in [0.1, 0.15) is 11.2 Å². The average molecular weight is 373 g/mol. The molecule has 0 unspecified atom stereocenters. The van der Waals surface area contributed by atoms with E-state index in [1.54, 1.807) is 17.2 Å². The molecule has 2 aromatic rings. The molecular formula is C23H23N3O2. The molecule has 5 nitrogen and oxygen atoms in total. The molecule has 0 spiro atoms. The Balaban J connectivity index is 1.47. The van der Waals surface area contributed by atoms with Crippen molar-refractivity contribution in [3.8, 4) is 6.07 Å². The molecule has 2 aliphatic rings.